The number of nitrogens with zero attached hydrogens (tertiary/aromatic N) is 1. The average Bonchev–Trinajstić information content (AvgIpc) is 3.43. The Balaban J connectivity index is 1.52. The molecule has 0 fully saturated rings. The number of aromatic amines is 1. The highest BCUT2D eigenvalue weighted by atomic mass is 35.5. The second-order valence-electron chi connectivity index (χ2n) is 9.29. The number of nitrogens with one attached hydrogen (secondary N) is 1. The number of H-pyrrole nitrogens is 1. The van der Waals surface area contributed by atoms with Crippen molar-refractivity contribution in [3.05, 3.63) is 64.0 Å². The van der Waals surface area contributed by atoms with E-state index < -0.39 is 23.1 Å². The van der Waals surface area contributed by atoms with E-state index in [-0.39, 0.29) is 45.6 Å². The van der Waals surface area contributed by atoms with Gasteiger partial charge in [0.2, 0.25) is 11.4 Å². The molecule has 2 atom stereocenters. The molecule has 0 amide bonds. The topological polar surface area (TPSA) is 110 Å². The maximum atomic E-state index is 13.8. The van der Waals surface area contributed by atoms with Crippen LogP contribution in [0.1, 0.15) is 36.2 Å². The Morgan fingerprint density at radius 1 is 1.24 bits per heavy atom. The molecule has 192 valence electrons. The van der Waals surface area contributed by atoms with Gasteiger partial charge in [-0.2, -0.15) is 0 Å². The number of carbonyl (C=O) groups excluding carboxylic acids is 2. The van der Waals surface area contributed by atoms with Crippen molar-refractivity contribution in [1.82, 2.24) is 4.98 Å². The second-order valence-corrected chi connectivity index (χ2v) is 9.67. The van der Waals surface area contributed by atoms with Crippen molar-refractivity contribution in [2.24, 2.45) is 10.9 Å². The molecule has 2 aliphatic rings. The molecule has 0 bridgehead atoms. The number of carbonyl (C=O) groups is 2. The van der Waals surface area contributed by atoms with E-state index in [2.05, 4.69) is 9.98 Å². The van der Waals surface area contributed by atoms with Crippen LogP contribution in [-0.4, -0.2) is 53.7 Å². The lowest BCUT2D eigenvalue weighted by atomic mass is 9.72. The summed E-state index contributed by atoms with van der Waals surface area (Å²) in [6.07, 6.45) is 2.58. The fourth-order valence-electron chi connectivity index (χ4n) is 5.29. The number of hydrogen-bond acceptors (Lipinski definition) is 7. The third kappa shape index (κ3) is 3.70. The summed E-state index contributed by atoms with van der Waals surface area (Å²) in [5, 5.41) is 12.7. The number of hydrogen-bond donors (Lipinski definition) is 2. The lowest BCUT2D eigenvalue weighted by Gasteiger charge is -2.37. The van der Waals surface area contributed by atoms with Gasteiger partial charge in [-0.25, -0.2) is 0 Å². The Hall–Kier alpha value is -3.78. The lowest BCUT2D eigenvalue weighted by molar-refractivity contribution is -0.118. The van der Waals surface area contributed by atoms with Crippen LogP contribution in [0.5, 0.6) is 17.2 Å². The number of ether oxygens (including phenoxy) is 3. The van der Waals surface area contributed by atoms with E-state index in [1.165, 1.54) is 20.3 Å². The summed E-state index contributed by atoms with van der Waals surface area (Å²) >= 11 is 6.48. The summed E-state index contributed by atoms with van der Waals surface area (Å²) in [5.74, 6) is -1.40. The molecule has 0 unspecified atom stereocenters. The van der Waals surface area contributed by atoms with E-state index in [0.29, 0.717) is 18.7 Å². The number of halogens is 1. The van der Waals surface area contributed by atoms with E-state index in [0.717, 1.165) is 16.5 Å². The van der Waals surface area contributed by atoms with E-state index in [1.54, 1.807) is 13.8 Å². The first-order chi connectivity index (χ1) is 17.7. The quantitative estimate of drug-likeness (QED) is 0.426. The fourth-order valence-corrected chi connectivity index (χ4v) is 5.56. The van der Waals surface area contributed by atoms with Crippen molar-refractivity contribution in [3.63, 3.8) is 0 Å². The summed E-state index contributed by atoms with van der Waals surface area (Å²) in [4.78, 5) is 34.8. The van der Waals surface area contributed by atoms with Gasteiger partial charge in [0.1, 0.15) is 22.1 Å². The summed E-state index contributed by atoms with van der Waals surface area (Å²) in [7, 11) is 2.85. The predicted octanol–water partition coefficient (Wildman–Crippen LogP) is 5.28. The molecule has 5 rings (SSSR count). The van der Waals surface area contributed by atoms with Crippen molar-refractivity contribution < 1.29 is 28.9 Å². The minimum atomic E-state index is -1.82. The molecule has 0 radical (unpaired) electrons. The van der Waals surface area contributed by atoms with Gasteiger partial charge in [-0.05, 0) is 25.0 Å². The molecule has 0 saturated heterocycles. The normalized spacial score (nSPS) is 21.5. The largest absolute Gasteiger partial charge is 0.507 e. The number of methoxy groups -OCH3 is 2. The van der Waals surface area contributed by atoms with Crippen molar-refractivity contribution in [3.8, 4) is 17.2 Å². The molecule has 8 nitrogen and oxygen atoms in total. The zero-order valence-corrected chi connectivity index (χ0v) is 21.7. The molecular formula is C28H27ClN2O6. The van der Waals surface area contributed by atoms with Crippen LogP contribution in [0.2, 0.25) is 5.02 Å². The Bertz CT molecular complexity index is 1500. The minimum Gasteiger partial charge on any atom is -0.507 e. The number of ketones is 2. The van der Waals surface area contributed by atoms with Gasteiger partial charge in [0.25, 0.3) is 0 Å². The lowest BCUT2D eigenvalue weighted by Crippen LogP contribution is -2.53. The maximum Gasteiger partial charge on any atom is 0.231 e. The number of aliphatic imine (C=N–C) groups is 1. The summed E-state index contributed by atoms with van der Waals surface area (Å²) in [6, 6.07) is 9.49. The molecule has 1 aliphatic carbocycles. The summed E-state index contributed by atoms with van der Waals surface area (Å²) < 4.78 is 16.9. The van der Waals surface area contributed by atoms with Crippen molar-refractivity contribution in [1.29, 1.82) is 0 Å². The highest BCUT2D eigenvalue weighted by Gasteiger charge is 2.61. The number of aliphatic hydroxyl groups is 1. The number of rotatable bonds is 6. The molecule has 37 heavy (non-hydrogen) atoms. The maximum absolute atomic E-state index is 13.8. The van der Waals surface area contributed by atoms with Crippen LogP contribution >= 0.6 is 11.6 Å². The fraction of sp³-hybridized carbons (Fsp3) is 0.321. The van der Waals surface area contributed by atoms with Crippen molar-refractivity contribution in [2.45, 2.75) is 32.3 Å². The number of fused-ring (bicyclic) bond motifs is 2. The zero-order chi connectivity index (χ0) is 26.5. The molecule has 2 aromatic carbocycles. The Labute approximate surface area is 218 Å². The molecule has 2 N–H and O–H groups in total. The smallest absolute Gasteiger partial charge is 0.231 e. The van der Waals surface area contributed by atoms with Gasteiger partial charge in [-0.3, -0.25) is 14.6 Å². The molecular weight excluding hydrogens is 496 g/mol. The van der Waals surface area contributed by atoms with Gasteiger partial charge < -0.3 is 24.3 Å². The van der Waals surface area contributed by atoms with Gasteiger partial charge in [0.15, 0.2) is 17.3 Å². The van der Waals surface area contributed by atoms with Crippen molar-refractivity contribution in [2.75, 3.05) is 20.8 Å². The third-order valence-corrected chi connectivity index (χ3v) is 7.60. The van der Waals surface area contributed by atoms with Gasteiger partial charge in [-0.15, -0.1) is 0 Å². The highest BCUT2D eigenvalue weighted by molar-refractivity contribution is 6.35. The Morgan fingerprint density at radius 2 is 1.97 bits per heavy atom. The standard InChI is InChI=1S/C28H27ClN2O6/c1-14-11-19(32)22(15(2)30-10-9-16-13-31-18-8-6-5-7-17(16)18)26(33)28(14)27(34)23-20(35-3)12-21(36-4)24(29)25(23)37-28/h5-8,12-14,31,33H,9-11H2,1-4H3/t14-,28+/m1/s1. The van der Waals surface area contributed by atoms with Crippen LogP contribution < -0.4 is 14.2 Å². The van der Waals surface area contributed by atoms with Gasteiger partial charge in [-0.1, -0.05) is 36.7 Å². The van der Waals surface area contributed by atoms with E-state index in [9.17, 15) is 14.7 Å². The van der Waals surface area contributed by atoms with Crippen molar-refractivity contribution >= 4 is 39.8 Å². The number of aromatic nitrogens is 1. The molecule has 9 heteroatoms. The third-order valence-electron chi connectivity index (χ3n) is 7.24. The number of benzene rings is 2. The van der Waals surface area contributed by atoms with E-state index in [1.807, 2.05) is 30.5 Å². The monoisotopic (exact) mass is 522 g/mol. The van der Waals surface area contributed by atoms with Crippen LogP contribution in [0.15, 0.2) is 52.9 Å². The summed E-state index contributed by atoms with van der Waals surface area (Å²) in [6.45, 7) is 3.74. The Kier molecular flexibility index (Phi) is 6.23. The molecule has 2 heterocycles. The highest BCUT2D eigenvalue weighted by Crippen LogP contribution is 2.54. The van der Waals surface area contributed by atoms with Crippen LogP contribution in [-0.2, 0) is 11.2 Å². The Morgan fingerprint density at radius 3 is 2.70 bits per heavy atom. The second kappa shape index (κ2) is 9.27. The van der Waals surface area contributed by atoms with E-state index >= 15 is 0 Å². The van der Waals surface area contributed by atoms with Gasteiger partial charge in [0, 0.05) is 47.8 Å². The molecule has 1 aromatic heterocycles. The van der Waals surface area contributed by atoms with Gasteiger partial charge >= 0.3 is 0 Å². The molecule has 0 saturated carbocycles. The first-order valence-corrected chi connectivity index (χ1v) is 12.3. The van der Waals surface area contributed by atoms with Crippen LogP contribution in [0, 0.1) is 5.92 Å². The minimum absolute atomic E-state index is 0.000220. The van der Waals surface area contributed by atoms with Gasteiger partial charge in [0.05, 0.1) is 19.8 Å². The SMILES string of the molecule is COc1cc(OC)c2c(c1Cl)O[C@]1(C2=O)C(O)=C(C(C)=NCCc2c[nH]c3ccccc23)C(=O)C[C@H]1C. The number of Topliss-reactive ketones (excluding diaryl/α,β-unsaturated/α-hetero) is 2. The molecule has 1 spiro atoms. The zero-order valence-electron chi connectivity index (χ0n) is 21.0. The first kappa shape index (κ1) is 24.9. The van der Waals surface area contributed by atoms with Crippen LogP contribution in [0.25, 0.3) is 10.9 Å². The molecule has 1 aliphatic heterocycles. The van der Waals surface area contributed by atoms with Crippen LogP contribution in [0.4, 0.5) is 0 Å². The number of aliphatic hydroxyl groups excluding tert-OH is 1. The number of para-hydroxylation sites is 1. The first-order valence-electron chi connectivity index (χ1n) is 12.0. The van der Waals surface area contributed by atoms with Crippen LogP contribution in [0.3, 0.4) is 0 Å². The number of allylic oxidation sites excluding steroid dienone is 1. The van der Waals surface area contributed by atoms with E-state index in [4.69, 9.17) is 25.8 Å². The predicted molar refractivity (Wildman–Crippen MR) is 141 cm³/mol. The average molecular weight is 523 g/mol. The summed E-state index contributed by atoms with van der Waals surface area (Å²) in [5.41, 5.74) is 0.777. The molecule has 3 aromatic rings.